The zero-order valence-electron chi connectivity index (χ0n) is 38.5. The molecule has 0 aromatic carbocycles. The van der Waals surface area contributed by atoms with Crippen LogP contribution in [0.15, 0.2) is 48.6 Å². The molecule has 0 aliphatic rings. The van der Waals surface area contributed by atoms with Crippen LogP contribution in [-0.4, -0.2) is 68.5 Å². The first-order valence-electron chi connectivity index (χ1n) is 24.0. The number of amides is 1. The van der Waals surface area contributed by atoms with Crippen molar-refractivity contribution >= 4 is 13.7 Å². The lowest BCUT2D eigenvalue weighted by Crippen LogP contribution is -2.45. The third kappa shape index (κ3) is 42.6. The highest BCUT2D eigenvalue weighted by Crippen LogP contribution is 2.38. The van der Waals surface area contributed by atoms with Gasteiger partial charge in [0, 0.05) is 6.42 Å². The van der Waals surface area contributed by atoms with E-state index in [2.05, 4.69) is 55.6 Å². The third-order valence-corrected chi connectivity index (χ3v) is 11.5. The Morgan fingerprint density at radius 3 is 1.57 bits per heavy atom. The van der Waals surface area contributed by atoms with Crippen LogP contribution in [0.2, 0.25) is 0 Å². The van der Waals surface area contributed by atoms with E-state index >= 15 is 0 Å². The van der Waals surface area contributed by atoms with Crippen LogP contribution in [0.1, 0.15) is 206 Å². The van der Waals surface area contributed by atoms with E-state index < -0.39 is 26.6 Å². The number of nitrogens with zero attached hydrogens (tertiary/aromatic N) is 1. The number of carbonyl (C=O) groups is 1. The zero-order chi connectivity index (χ0) is 42.8. The molecule has 0 aliphatic heterocycles. The van der Waals surface area contributed by atoms with Gasteiger partial charge in [0.1, 0.15) is 13.2 Å². The van der Waals surface area contributed by atoms with Gasteiger partial charge in [-0.05, 0) is 57.8 Å². The van der Waals surface area contributed by atoms with Crippen molar-refractivity contribution in [3.63, 3.8) is 0 Å². The van der Waals surface area contributed by atoms with Gasteiger partial charge in [-0.2, -0.15) is 0 Å². The molecular formula is C49H93N2O6P. The highest BCUT2D eigenvalue weighted by atomic mass is 31.2. The van der Waals surface area contributed by atoms with E-state index in [1.165, 1.54) is 116 Å². The Hall–Kier alpha value is -1.54. The summed E-state index contributed by atoms with van der Waals surface area (Å²) in [6, 6.07) is -0.910. The van der Waals surface area contributed by atoms with Crippen molar-refractivity contribution in [2.45, 2.75) is 219 Å². The molecule has 0 spiro atoms. The first-order valence-corrected chi connectivity index (χ1v) is 25.5. The number of allylic oxidation sites excluding steroid dienone is 7. The smallest absolute Gasteiger partial charge is 0.268 e. The van der Waals surface area contributed by atoms with Gasteiger partial charge >= 0.3 is 0 Å². The molecule has 1 amide bonds. The lowest BCUT2D eigenvalue weighted by molar-refractivity contribution is -0.870. The summed E-state index contributed by atoms with van der Waals surface area (Å²) in [5, 5.41) is 13.8. The van der Waals surface area contributed by atoms with E-state index in [4.69, 9.17) is 9.05 Å². The molecule has 0 aromatic heterocycles. The van der Waals surface area contributed by atoms with E-state index in [9.17, 15) is 19.4 Å². The first-order chi connectivity index (χ1) is 28.0. The molecule has 340 valence electrons. The molecule has 58 heavy (non-hydrogen) atoms. The average molecular weight is 837 g/mol. The molecule has 0 saturated carbocycles. The van der Waals surface area contributed by atoms with Gasteiger partial charge in [-0.3, -0.25) is 9.36 Å². The summed E-state index contributed by atoms with van der Waals surface area (Å²) in [4.78, 5) is 25.3. The topological polar surface area (TPSA) is 108 Å². The number of quaternary nitrogens is 1. The van der Waals surface area contributed by atoms with Crippen LogP contribution in [-0.2, 0) is 18.4 Å². The molecule has 0 saturated heterocycles. The second kappa shape index (κ2) is 40.8. The predicted octanol–water partition coefficient (Wildman–Crippen LogP) is 13.0. The summed E-state index contributed by atoms with van der Waals surface area (Å²) in [5.41, 5.74) is 0. The summed E-state index contributed by atoms with van der Waals surface area (Å²) < 4.78 is 23.2. The molecule has 8 nitrogen and oxygen atoms in total. The van der Waals surface area contributed by atoms with Crippen LogP contribution in [0.5, 0.6) is 0 Å². The maximum absolute atomic E-state index is 12.8. The molecule has 0 fully saturated rings. The number of aliphatic hydroxyl groups is 1. The number of carbonyl (C=O) groups excluding carboxylic acids is 1. The Morgan fingerprint density at radius 1 is 0.603 bits per heavy atom. The van der Waals surface area contributed by atoms with Crippen LogP contribution in [0.4, 0.5) is 0 Å². The van der Waals surface area contributed by atoms with Gasteiger partial charge in [-0.25, -0.2) is 0 Å². The van der Waals surface area contributed by atoms with E-state index in [0.717, 1.165) is 70.6 Å². The normalized spacial score (nSPS) is 14.7. The van der Waals surface area contributed by atoms with Crippen LogP contribution < -0.4 is 10.2 Å². The molecule has 3 unspecified atom stereocenters. The summed E-state index contributed by atoms with van der Waals surface area (Å²) >= 11 is 0. The second-order valence-corrected chi connectivity index (χ2v) is 18.9. The Kier molecular flexibility index (Phi) is 39.8. The van der Waals surface area contributed by atoms with Crippen molar-refractivity contribution < 1.29 is 32.9 Å². The Morgan fingerprint density at radius 2 is 1.05 bits per heavy atom. The van der Waals surface area contributed by atoms with Gasteiger partial charge in [0.25, 0.3) is 7.82 Å². The lowest BCUT2D eigenvalue weighted by atomic mass is 10.0. The summed E-state index contributed by atoms with van der Waals surface area (Å²) in [6.45, 7) is 4.55. The lowest BCUT2D eigenvalue weighted by Gasteiger charge is -2.29. The standard InChI is InChI=1S/C49H93N2O6P/c1-6-8-10-12-14-16-18-20-21-22-23-24-25-26-27-28-29-31-32-34-36-38-40-42-48(52)47(46-57-58(54,55)56-45-44-51(3,4)5)50-49(53)43-41-39-37-35-33-30-19-17-15-13-11-9-7-2/h11,13,17,19,32,34,40,42,47-48,52H,6-10,12,14-16,18,20-31,33,35-39,41,43-46H2,1-5H3,(H-,50,53,54,55)/b13-11-,19-17-,34-32+,42-40+. The highest BCUT2D eigenvalue weighted by Gasteiger charge is 2.23. The minimum atomic E-state index is -4.60. The molecule has 9 heteroatoms. The average Bonchev–Trinajstić information content (AvgIpc) is 3.17. The SMILES string of the molecule is CCC/C=C\C/C=C\CCCCCCCC(=O)NC(COP(=O)([O-])OCC[N+](C)(C)C)C(O)/C=C/CC/C=C/CCCCCCCCCCCCCCCCCCC. The Balaban J connectivity index is 4.37. The van der Waals surface area contributed by atoms with Gasteiger partial charge in [0.2, 0.25) is 5.91 Å². The fourth-order valence-corrected chi connectivity index (χ4v) is 7.40. The van der Waals surface area contributed by atoms with Crippen LogP contribution >= 0.6 is 7.82 Å². The molecule has 3 atom stereocenters. The van der Waals surface area contributed by atoms with Crippen molar-refractivity contribution in [2.24, 2.45) is 0 Å². The molecule has 0 aliphatic carbocycles. The number of nitrogens with one attached hydrogen (secondary N) is 1. The number of aliphatic hydroxyl groups excluding tert-OH is 1. The van der Waals surface area contributed by atoms with Crippen molar-refractivity contribution in [3.8, 4) is 0 Å². The van der Waals surface area contributed by atoms with Crippen LogP contribution in [0.3, 0.4) is 0 Å². The fraction of sp³-hybridized carbons (Fsp3) is 0.816. The molecule has 0 heterocycles. The van der Waals surface area contributed by atoms with E-state index in [0.29, 0.717) is 17.4 Å². The molecular weight excluding hydrogens is 744 g/mol. The minimum absolute atomic E-state index is 0.0105. The van der Waals surface area contributed by atoms with Crippen molar-refractivity contribution in [3.05, 3.63) is 48.6 Å². The largest absolute Gasteiger partial charge is 0.756 e. The monoisotopic (exact) mass is 837 g/mol. The quantitative estimate of drug-likeness (QED) is 0.0274. The van der Waals surface area contributed by atoms with Crippen molar-refractivity contribution in [1.29, 1.82) is 0 Å². The number of phosphoric ester groups is 1. The summed E-state index contributed by atoms with van der Waals surface area (Å²) in [5.74, 6) is -0.223. The minimum Gasteiger partial charge on any atom is -0.756 e. The van der Waals surface area contributed by atoms with Gasteiger partial charge in [-0.15, -0.1) is 0 Å². The van der Waals surface area contributed by atoms with Gasteiger partial charge in [0.15, 0.2) is 0 Å². The zero-order valence-corrected chi connectivity index (χ0v) is 39.4. The number of rotatable bonds is 43. The van der Waals surface area contributed by atoms with E-state index in [1.54, 1.807) is 6.08 Å². The molecule has 0 aromatic rings. The Bertz CT molecular complexity index is 1090. The summed E-state index contributed by atoms with van der Waals surface area (Å²) in [6.07, 6.45) is 51.7. The number of unbranched alkanes of at least 4 members (excludes halogenated alkanes) is 24. The molecule has 2 N–H and O–H groups in total. The predicted molar refractivity (Wildman–Crippen MR) is 247 cm³/mol. The second-order valence-electron chi connectivity index (χ2n) is 17.5. The molecule has 0 rings (SSSR count). The van der Waals surface area contributed by atoms with Crippen LogP contribution in [0, 0.1) is 0 Å². The van der Waals surface area contributed by atoms with Gasteiger partial charge in [0.05, 0.1) is 39.9 Å². The fourth-order valence-electron chi connectivity index (χ4n) is 6.68. The van der Waals surface area contributed by atoms with Crippen molar-refractivity contribution in [1.82, 2.24) is 5.32 Å². The highest BCUT2D eigenvalue weighted by molar-refractivity contribution is 7.45. The molecule has 0 radical (unpaired) electrons. The van der Waals surface area contributed by atoms with E-state index in [1.807, 2.05) is 27.2 Å². The van der Waals surface area contributed by atoms with E-state index in [-0.39, 0.29) is 12.5 Å². The van der Waals surface area contributed by atoms with Gasteiger partial charge in [-0.1, -0.05) is 191 Å². The number of hydrogen-bond donors (Lipinski definition) is 2. The molecule has 0 bridgehead atoms. The Labute approximate surface area is 359 Å². The van der Waals surface area contributed by atoms with Crippen molar-refractivity contribution in [2.75, 3.05) is 40.9 Å². The third-order valence-electron chi connectivity index (χ3n) is 10.5. The number of hydrogen-bond acceptors (Lipinski definition) is 6. The number of likely N-dealkylation sites (N-methyl/N-ethyl adjacent to an activating group) is 1. The first kappa shape index (κ1) is 56.5. The summed E-state index contributed by atoms with van der Waals surface area (Å²) in [7, 11) is 1.23. The maximum atomic E-state index is 12.8. The maximum Gasteiger partial charge on any atom is 0.268 e. The van der Waals surface area contributed by atoms with Crippen LogP contribution in [0.25, 0.3) is 0 Å². The van der Waals surface area contributed by atoms with Gasteiger partial charge < -0.3 is 28.8 Å². The number of phosphoric acid groups is 1.